The molecule has 2 rings (SSSR count). The van der Waals surface area contributed by atoms with E-state index in [9.17, 15) is 59.9 Å². The first kappa shape index (κ1) is 21.9. The molecule has 0 radical (unpaired) electrons. The van der Waals surface area contributed by atoms with Crippen molar-refractivity contribution < 1.29 is 59.9 Å². The van der Waals surface area contributed by atoms with Gasteiger partial charge >= 0.3 is 18.5 Å². The minimum atomic E-state index is -6.31. The zero-order valence-electron chi connectivity index (χ0n) is 13.1. The normalized spacial score (nSPS) is 15.1. The van der Waals surface area contributed by atoms with Crippen LogP contribution in [0.25, 0.3) is 10.8 Å². The molecule has 28 heavy (non-hydrogen) atoms. The van der Waals surface area contributed by atoms with E-state index in [1.54, 1.807) is 0 Å². The van der Waals surface area contributed by atoms with E-state index >= 15 is 0 Å². The molecule has 0 saturated carbocycles. The maximum atomic E-state index is 13.0. The smallest absolute Gasteiger partial charge is 0.430 e. The Morgan fingerprint density at radius 3 is 1.54 bits per heavy atom. The van der Waals surface area contributed by atoms with Gasteiger partial charge in [0.1, 0.15) is 11.5 Å². The zero-order valence-corrected chi connectivity index (χ0v) is 13.1. The predicted molar refractivity (Wildman–Crippen MR) is 74.3 cm³/mol. The lowest BCUT2D eigenvalue weighted by Crippen LogP contribution is -2.53. The summed E-state index contributed by atoms with van der Waals surface area (Å²) in [4.78, 5) is 0. The third kappa shape index (κ3) is 3.17. The number of aliphatic hydroxyl groups excluding tert-OH is 1. The first-order chi connectivity index (χ1) is 12.4. The highest BCUT2D eigenvalue weighted by atomic mass is 19.4. The summed E-state index contributed by atoms with van der Waals surface area (Å²) >= 11 is 0. The van der Waals surface area contributed by atoms with Crippen molar-refractivity contribution in [1.82, 2.24) is 0 Å². The number of hydrogen-bond acceptors (Lipinski definition) is 4. The van der Waals surface area contributed by atoms with Crippen molar-refractivity contribution in [2.24, 2.45) is 0 Å². The van der Waals surface area contributed by atoms with Crippen molar-refractivity contribution in [3.8, 4) is 11.5 Å². The summed E-state index contributed by atoms with van der Waals surface area (Å²) in [5, 5.41) is 36.5. The molecule has 0 aromatic heterocycles. The maximum Gasteiger partial charge on any atom is 0.430 e. The number of rotatable bonds is 2. The molecule has 0 spiro atoms. The third-order valence-electron chi connectivity index (χ3n) is 3.99. The number of phenols is 2. The number of benzene rings is 2. The van der Waals surface area contributed by atoms with Gasteiger partial charge in [-0.1, -0.05) is 12.1 Å². The number of fused-ring (bicyclic) bond motifs is 1. The van der Waals surface area contributed by atoms with Crippen LogP contribution in [0.4, 0.5) is 39.5 Å². The summed E-state index contributed by atoms with van der Waals surface area (Å²) in [5.74, 6) is -3.09. The summed E-state index contributed by atoms with van der Waals surface area (Å²) in [7, 11) is 0. The van der Waals surface area contributed by atoms with E-state index in [0.717, 1.165) is 0 Å². The van der Waals surface area contributed by atoms with E-state index in [1.165, 1.54) is 0 Å². The van der Waals surface area contributed by atoms with E-state index in [2.05, 4.69) is 0 Å². The molecule has 0 aliphatic heterocycles. The van der Waals surface area contributed by atoms with Crippen LogP contribution in [0.5, 0.6) is 11.5 Å². The van der Waals surface area contributed by atoms with Crippen LogP contribution in [0, 0.1) is 0 Å². The van der Waals surface area contributed by atoms with Gasteiger partial charge in [-0.25, -0.2) is 0 Å². The second kappa shape index (κ2) is 6.30. The average Bonchev–Trinajstić information content (AvgIpc) is 2.51. The number of halogens is 9. The van der Waals surface area contributed by atoms with E-state index in [-0.39, 0.29) is 6.07 Å². The first-order valence-corrected chi connectivity index (χ1v) is 7.03. The number of hydrogen-bond donors (Lipinski definition) is 4. The molecule has 1 unspecified atom stereocenters. The van der Waals surface area contributed by atoms with Gasteiger partial charge in [-0.15, -0.1) is 0 Å². The standard InChI is InChI=1S/C15H9F9O4/c16-13(17,18)11(27)7-2-1-6-5(9(7)25)3-4-8(10(6)26)12(28,14(19,20)21)15(22,23)24/h1-4,11,25-28H. The first-order valence-electron chi connectivity index (χ1n) is 7.03. The van der Waals surface area contributed by atoms with Crippen LogP contribution in [-0.2, 0) is 5.60 Å². The minimum Gasteiger partial charge on any atom is -0.507 e. The molecule has 13 heteroatoms. The van der Waals surface area contributed by atoms with E-state index in [4.69, 9.17) is 0 Å². The van der Waals surface area contributed by atoms with Crippen LogP contribution in [0.15, 0.2) is 24.3 Å². The fourth-order valence-corrected chi connectivity index (χ4v) is 2.55. The van der Waals surface area contributed by atoms with Crippen LogP contribution < -0.4 is 0 Å². The molecule has 4 N–H and O–H groups in total. The number of aliphatic hydroxyl groups is 2. The van der Waals surface area contributed by atoms with Gasteiger partial charge in [0.05, 0.1) is 0 Å². The Balaban J connectivity index is 2.80. The molecular weight excluding hydrogens is 415 g/mol. The molecule has 0 aliphatic rings. The summed E-state index contributed by atoms with van der Waals surface area (Å²) in [6, 6.07) is 1.13. The molecule has 0 aliphatic carbocycles. The molecule has 2 aromatic carbocycles. The molecule has 2 aromatic rings. The SMILES string of the molecule is Oc1c(C(O)C(F)(F)F)ccc2c(O)c(C(O)(C(F)(F)F)C(F)(F)F)ccc12. The van der Waals surface area contributed by atoms with Crippen LogP contribution in [0.2, 0.25) is 0 Å². The third-order valence-corrected chi connectivity index (χ3v) is 3.99. The van der Waals surface area contributed by atoms with Gasteiger partial charge in [-0.2, -0.15) is 39.5 Å². The fourth-order valence-electron chi connectivity index (χ4n) is 2.55. The number of phenolic OH excluding ortho intramolecular Hbond substituents is 2. The topological polar surface area (TPSA) is 80.9 Å². The molecule has 0 bridgehead atoms. The Labute approximate surface area is 149 Å². The molecule has 4 nitrogen and oxygen atoms in total. The summed E-state index contributed by atoms with van der Waals surface area (Å²) in [5.41, 5.74) is -8.67. The van der Waals surface area contributed by atoms with Crippen molar-refractivity contribution in [3.05, 3.63) is 35.4 Å². The Hall–Kier alpha value is -2.41. The molecule has 0 saturated heterocycles. The summed E-state index contributed by atoms with van der Waals surface area (Å²) in [6.45, 7) is 0. The molecule has 1 atom stereocenters. The van der Waals surface area contributed by atoms with Crippen molar-refractivity contribution in [2.45, 2.75) is 30.2 Å². The van der Waals surface area contributed by atoms with Gasteiger partial charge in [0.2, 0.25) is 0 Å². The average molecular weight is 424 g/mol. The van der Waals surface area contributed by atoms with Crippen LogP contribution in [0.1, 0.15) is 17.2 Å². The van der Waals surface area contributed by atoms with Crippen molar-refractivity contribution >= 4 is 10.8 Å². The van der Waals surface area contributed by atoms with Gasteiger partial charge in [-0.05, 0) is 12.1 Å². The van der Waals surface area contributed by atoms with Crippen LogP contribution in [0.3, 0.4) is 0 Å². The lowest BCUT2D eigenvalue weighted by atomic mass is 9.88. The van der Waals surface area contributed by atoms with Crippen LogP contribution >= 0.6 is 0 Å². The van der Waals surface area contributed by atoms with Gasteiger partial charge in [0, 0.05) is 21.9 Å². The highest BCUT2D eigenvalue weighted by Gasteiger charge is 2.72. The summed E-state index contributed by atoms with van der Waals surface area (Å²) in [6.07, 6.45) is -21.1. The summed E-state index contributed by atoms with van der Waals surface area (Å²) < 4.78 is 115. The Morgan fingerprint density at radius 1 is 0.679 bits per heavy atom. The zero-order chi connectivity index (χ0) is 21.9. The van der Waals surface area contributed by atoms with Crippen molar-refractivity contribution in [2.75, 3.05) is 0 Å². The monoisotopic (exact) mass is 424 g/mol. The predicted octanol–water partition coefficient (Wildman–Crippen LogP) is 4.16. The molecule has 156 valence electrons. The molecular formula is C15H9F9O4. The van der Waals surface area contributed by atoms with Crippen molar-refractivity contribution in [1.29, 1.82) is 0 Å². The lowest BCUT2D eigenvalue weighted by Gasteiger charge is -2.33. The lowest BCUT2D eigenvalue weighted by molar-refractivity contribution is -0.376. The highest BCUT2D eigenvalue weighted by Crippen LogP contribution is 2.54. The quantitative estimate of drug-likeness (QED) is 0.546. The van der Waals surface area contributed by atoms with Gasteiger partial charge in [-0.3, -0.25) is 0 Å². The number of alkyl halides is 9. The largest absolute Gasteiger partial charge is 0.507 e. The minimum absolute atomic E-state index is 0.0396. The molecule has 0 amide bonds. The second-order valence-electron chi connectivity index (χ2n) is 5.71. The Bertz CT molecular complexity index is 885. The van der Waals surface area contributed by atoms with E-state index in [0.29, 0.717) is 18.2 Å². The number of aromatic hydroxyl groups is 2. The van der Waals surface area contributed by atoms with Crippen LogP contribution in [-0.4, -0.2) is 39.0 Å². The molecule has 0 fully saturated rings. The highest BCUT2D eigenvalue weighted by molar-refractivity contribution is 5.95. The second-order valence-corrected chi connectivity index (χ2v) is 5.71. The molecule has 0 heterocycles. The van der Waals surface area contributed by atoms with E-state index in [1.807, 2.05) is 0 Å². The van der Waals surface area contributed by atoms with Gasteiger partial charge in [0.25, 0.3) is 5.60 Å². The van der Waals surface area contributed by atoms with Crippen molar-refractivity contribution in [3.63, 3.8) is 0 Å². The maximum absolute atomic E-state index is 13.0. The van der Waals surface area contributed by atoms with Gasteiger partial charge < -0.3 is 20.4 Å². The Kier molecular flexibility index (Phi) is 4.93. The fraction of sp³-hybridized carbons (Fsp3) is 0.333. The van der Waals surface area contributed by atoms with E-state index < -0.39 is 63.6 Å². The van der Waals surface area contributed by atoms with Gasteiger partial charge in [0.15, 0.2) is 6.10 Å². The Morgan fingerprint density at radius 2 is 1.11 bits per heavy atom.